The highest BCUT2D eigenvalue weighted by Gasteiger charge is 2.05. The van der Waals surface area contributed by atoms with Crippen molar-refractivity contribution in [1.82, 2.24) is 4.57 Å². The van der Waals surface area contributed by atoms with Crippen molar-refractivity contribution in [2.45, 2.75) is 26.7 Å². The molecule has 1 aromatic heterocycles. The van der Waals surface area contributed by atoms with Crippen LogP contribution in [0.5, 0.6) is 0 Å². The summed E-state index contributed by atoms with van der Waals surface area (Å²) in [5, 5.41) is 0. The largest absolute Gasteiger partial charge is 0.313 e. The summed E-state index contributed by atoms with van der Waals surface area (Å²) in [5.41, 5.74) is 5.77. The van der Waals surface area contributed by atoms with Crippen molar-refractivity contribution in [1.29, 1.82) is 0 Å². The Bertz CT molecular complexity index is 794. The van der Waals surface area contributed by atoms with E-state index in [0.717, 1.165) is 17.1 Å². The summed E-state index contributed by atoms with van der Waals surface area (Å²) in [7, 11) is 0. The molecule has 3 rings (SSSR count). The van der Waals surface area contributed by atoms with Crippen LogP contribution in [0.3, 0.4) is 0 Å². The summed E-state index contributed by atoms with van der Waals surface area (Å²) in [6.07, 6.45) is 1.93. The Labute approximate surface area is 138 Å². The highest BCUT2D eigenvalue weighted by Crippen LogP contribution is 2.20. The van der Waals surface area contributed by atoms with Crippen LogP contribution in [0.2, 0.25) is 0 Å². The predicted octanol–water partition coefficient (Wildman–Crippen LogP) is 5.66. The van der Waals surface area contributed by atoms with Gasteiger partial charge in [-0.05, 0) is 54.8 Å². The minimum absolute atomic E-state index is 0.547. The first kappa shape index (κ1) is 15.3. The minimum Gasteiger partial charge on any atom is -0.313 e. The van der Waals surface area contributed by atoms with E-state index in [1.165, 1.54) is 11.3 Å². The van der Waals surface area contributed by atoms with Crippen molar-refractivity contribution >= 4 is 11.9 Å². The zero-order valence-corrected chi connectivity index (χ0v) is 13.9. The fourth-order valence-electron chi connectivity index (χ4n) is 2.68. The molecule has 0 atom stereocenters. The van der Waals surface area contributed by atoms with Crippen molar-refractivity contribution in [2.24, 2.45) is 4.99 Å². The normalized spacial score (nSPS) is 11.5. The van der Waals surface area contributed by atoms with Crippen molar-refractivity contribution in [2.75, 3.05) is 0 Å². The van der Waals surface area contributed by atoms with Gasteiger partial charge >= 0.3 is 0 Å². The van der Waals surface area contributed by atoms with Crippen LogP contribution in [0.4, 0.5) is 5.69 Å². The molecular formula is C21H22N2. The van der Waals surface area contributed by atoms with E-state index >= 15 is 0 Å². The van der Waals surface area contributed by atoms with Gasteiger partial charge in [0, 0.05) is 11.4 Å². The highest BCUT2D eigenvalue weighted by molar-refractivity contribution is 5.81. The van der Waals surface area contributed by atoms with Gasteiger partial charge in [0.25, 0.3) is 0 Å². The summed E-state index contributed by atoms with van der Waals surface area (Å²) in [6, 6.07) is 23.1. The average Bonchev–Trinajstić information content (AvgIpc) is 2.95. The first-order valence-electron chi connectivity index (χ1n) is 8.03. The Morgan fingerprint density at radius 1 is 0.870 bits per heavy atom. The van der Waals surface area contributed by atoms with Gasteiger partial charge in [0.2, 0.25) is 0 Å². The van der Waals surface area contributed by atoms with Crippen molar-refractivity contribution in [3.8, 4) is 5.69 Å². The van der Waals surface area contributed by atoms with Crippen LogP contribution in [0.15, 0.2) is 71.7 Å². The molecule has 0 fully saturated rings. The number of hydrogen-bond donors (Lipinski definition) is 0. The number of aromatic nitrogens is 1. The molecule has 0 spiro atoms. The average molecular weight is 302 g/mol. The van der Waals surface area contributed by atoms with Gasteiger partial charge in [-0.1, -0.05) is 44.2 Å². The first-order chi connectivity index (χ1) is 11.1. The molecule has 2 aromatic carbocycles. The lowest BCUT2D eigenvalue weighted by Gasteiger charge is -2.09. The number of benzene rings is 2. The monoisotopic (exact) mass is 302 g/mol. The molecule has 0 N–H and O–H groups in total. The second-order valence-corrected chi connectivity index (χ2v) is 6.07. The summed E-state index contributed by atoms with van der Waals surface area (Å²) in [6.45, 7) is 6.52. The molecule has 2 heteroatoms. The van der Waals surface area contributed by atoms with E-state index in [1.807, 2.05) is 12.3 Å². The molecule has 3 aromatic rings. The maximum atomic E-state index is 4.63. The van der Waals surface area contributed by atoms with Crippen LogP contribution in [-0.2, 0) is 0 Å². The lowest BCUT2D eigenvalue weighted by atomic mass is 10.0. The van der Waals surface area contributed by atoms with Crippen LogP contribution in [0.25, 0.3) is 5.69 Å². The standard InChI is InChI=1S/C21H22N2/c1-16(2)18-10-12-19(13-11-18)22-15-21-14-9-17(3)23(21)20-7-5-4-6-8-20/h4-16H,1-3H3. The van der Waals surface area contributed by atoms with E-state index in [4.69, 9.17) is 0 Å². The fraction of sp³-hybridized carbons (Fsp3) is 0.190. The summed E-state index contributed by atoms with van der Waals surface area (Å²) in [5.74, 6) is 0.547. The Hall–Kier alpha value is -2.61. The highest BCUT2D eigenvalue weighted by atomic mass is 15.0. The van der Waals surface area contributed by atoms with Gasteiger partial charge < -0.3 is 4.57 Å². The lowest BCUT2D eigenvalue weighted by molar-refractivity contribution is 0.867. The second kappa shape index (κ2) is 6.66. The van der Waals surface area contributed by atoms with E-state index in [1.54, 1.807) is 0 Å². The molecule has 0 saturated heterocycles. The maximum Gasteiger partial charge on any atom is 0.0641 e. The number of hydrogen-bond acceptors (Lipinski definition) is 1. The Kier molecular flexibility index (Phi) is 4.42. The van der Waals surface area contributed by atoms with Crippen molar-refractivity contribution < 1.29 is 0 Å². The van der Waals surface area contributed by atoms with Gasteiger partial charge in [0.15, 0.2) is 0 Å². The van der Waals surface area contributed by atoms with Gasteiger partial charge in [0.1, 0.15) is 0 Å². The van der Waals surface area contributed by atoms with E-state index in [0.29, 0.717) is 5.92 Å². The Balaban J connectivity index is 1.89. The van der Waals surface area contributed by atoms with Crippen LogP contribution in [0.1, 0.15) is 36.7 Å². The summed E-state index contributed by atoms with van der Waals surface area (Å²) >= 11 is 0. The van der Waals surface area contributed by atoms with E-state index < -0.39 is 0 Å². The molecule has 116 valence electrons. The fourth-order valence-corrected chi connectivity index (χ4v) is 2.68. The second-order valence-electron chi connectivity index (χ2n) is 6.07. The first-order valence-corrected chi connectivity index (χ1v) is 8.03. The number of para-hydroxylation sites is 1. The zero-order chi connectivity index (χ0) is 16.2. The topological polar surface area (TPSA) is 17.3 Å². The molecule has 1 heterocycles. The van der Waals surface area contributed by atoms with Gasteiger partial charge in [-0.2, -0.15) is 0 Å². The van der Waals surface area contributed by atoms with Gasteiger partial charge in [0.05, 0.1) is 17.6 Å². The molecule has 23 heavy (non-hydrogen) atoms. The van der Waals surface area contributed by atoms with Crippen LogP contribution < -0.4 is 0 Å². The van der Waals surface area contributed by atoms with Gasteiger partial charge in [-0.15, -0.1) is 0 Å². The molecule has 0 radical (unpaired) electrons. The van der Waals surface area contributed by atoms with Crippen LogP contribution in [-0.4, -0.2) is 10.8 Å². The van der Waals surface area contributed by atoms with Crippen LogP contribution in [0, 0.1) is 6.92 Å². The SMILES string of the molecule is Cc1ccc(C=Nc2ccc(C(C)C)cc2)n1-c1ccccc1. The van der Waals surface area contributed by atoms with Crippen molar-refractivity contribution in [3.63, 3.8) is 0 Å². The number of aliphatic imine (C=N–C) groups is 1. The number of aryl methyl sites for hydroxylation is 1. The van der Waals surface area contributed by atoms with E-state index in [9.17, 15) is 0 Å². The molecule has 2 nitrogen and oxygen atoms in total. The molecule has 0 amide bonds. The third-order valence-corrected chi connectivity index (χ3v) is 4.03. The van der Waals surface area contributed by atoms with Gasteiger partial charge in [-0.25, -0.2) is 0 Å². The van der Waals surface area contributed by atoms with E-state index in [-0.39, 0.29) is 0 Å². The van der Waals surface area contributed by atoms with Crippen molar-refractivity contribution in [3.05, 3.63) is 83.7 Å². The molecule has 0 bridgehead atoms. The third kappa shape index (κ3) is 3.42. The number of rotatable bonds is 4. The Morgan fingerprint density at radius 3 is 2.22 bits per heavy atom. The lowest BCUT2D eigenvalue weighted by Crippen LogP contribution is -2.00. The smallest absolute Gasteiger partial charge is 0.0641 e. The maximum absolute atomic E-state index is 4.63. The Morgan fingerprint density at radius 2 is 1.57 bits per heavy atom. The molecule has 0 unspecified atom stereocenters. The van der Waals surface area contributed by atoms with Gasteiger partial charge in [-0.3, -0.25) is 4.99 Å². The molecule has 0 aliphatic carbocycles. The summed E-state index contributed by atoms with van der Waals surface area (Å²) < 4.78 is 2.21. The molecule has 0 aliphatic rings. The summed E-state index contributed by atoms with van der Waals surface area (Å²) in [4.78, 5) is 4.63. The van der Waals surface area contributed by atoms with E-state index in [2.05, 4.69) is 91.0 Å². The van der Waals surface area contributed by atoms with Crippen LogP contribution >= 0.6 is 0 Å². The number of nitrogens with zero attached hydrogens (tertiary/aromatic N) is 2. The molecular weight excluding hydrogens is 280 g/mol. The molecule has 0 aliphatic heterocycles. The minimum atomic E-state index is 0.547. The molecule has 0 saturated carbocycles. The predicted molar refractivity (Wildman–Crippen MR) is 98.3 cm³/mol. The quantitative estimate of drug-likeness (QED) is 0.553. The third-order valence-electron chi connectivity index (χ3n) is 4.03. The zero-order valence-electron chi connectivity index (χ0n) is 13.9.